The van der Waals surface area contributed by atoms with Gasteiger partial charge < -0.3 is 17.7 Å². The highest BCUT2D eigenvalue weighted by Gasteiger charge is 2.42. The Morgan fingerprint density at radius 1 is 0.920 bits per heavy atom. The van der Waals surface area contributed by atoms with Gasteiger partial charge >= 0.3 is 15.7 Å². The van der Waals surface area contributed by atoms with Gasteiger partial charge in [-0.1, -0.05) is 6.58 Å². The van der Waals surface area contributed by atoms with Crippen LogP contribution in [0.2, 0.25) is 58.9 Å². The van der Waals surface area contributed by atoms with E-state index in [2.05, 4.69) is 77.5 Å². The molecule has 25 heavy (non-hydrogen) atoms. The summed E-state index contributed by atoms with van der Waals surface area (Å²) in [6.45, 7) is 23.8. The number of carbonyl (C=O) groups excluding carboxylic acids is 1. The van der Waals surface area contributed by atoms with Gasteiger partial charge in [0.15, 0.2) is 16.6 Å². The molecule has 0 aliphatic rings. The van der Waals surface area contributed by atoms with Gasteiger partial charge in [-0.05, 0) is 65.8 Å². The summed E-state index contributed by atoms with van der Waals surface area (Å²) >= 11 is 0. The van der Waals surface area contributed by atoms with E-state index in [1.165, 1.54) is 0 Å². The molecule has 0 aromatic heterocycles. The number of hydrogen-bond acceptors (Lipinski definition) is 5. The molecular weight excluding hydrogens is 385 g/mol. The Labute approximate surface area is 158 Å². The topological polar surface area (TPSA) is 54.0 Å². The third kappa shape index (κ3) is 12.4. The van der Waals surface area contributed by atoms with Crippen molar-refractivity contribution < 1.29 is 22.5 Å². The van der Waals surface area contributed by atoms with Gasteiger partial charge in [0.1, 0.15) is 6.11 Å². The fraction of sp³-hybridized carbons (Fsp3) is 0.688. The summed E-state index contributed by atoms with van der Waals surface area (Å²) in [6.07, 6.45) is 2.79. The minimum absolute atomic E-state index is 0.355. The van der Waals surface area contributed by atoms with Crippen LogP contribution in [0.4, 0.5) is 0 Å². The second kappa shape index (κ2) is 8.83. The first kappa shape index (κ1) is 24.4. The van der Waals surface area contributed by atoms with E-state index >= 15 is 0 Å². The molecule has 0 aromatic carbocycles. The van der Waals surface area contributed by atoms with Crippen LogP contribution in [0.3, 0.4) is 0 Å². The molecule has 0 spiro atoms. The van der Waals surface area contributed by atoms with E-state index in [1.807, 2.05) is 0 Å². The Kier molecular flexibility index (Phi) is 8.61. The third-order valence-electron chi connectivity index (χ3n) is 2.28. The second-order valence-corrected chi connectivity index (χ2v) is 23.8. The molecule has 0 bridgehead atoms. The highest BCUT2D eigenvalue weighted by Crippen LogP contribution is 2.24. The first-order valence-electron chi connectivity index (χ1n) is 8.38. The van der Waals surface area contributed by atoms with Crippen molar-refractivity contribution in [2.75, 3.05) is 0 Å². The molecule has 0 rings (SSSR count). The first-order valence-corrected chi connectivity index (χ1v) is 19.9. The molecule has 0 atom stereocenters. The summed E-state index contributed by atoms with van der Waals surface area (Å²) in [5.41, 5.74) is -0.826. The lowest BCUT2D eigenvalue weighted by atomic mass is 10.4. The van der Waals surface area contributed by atoms with Gasteiger partial charge in [-0.3, -0.25) is 0 Å². The molecule has 9 heteroatoms. The van der Waals surface area contributed by atoms with Crippen LogP contribution in [0.25, 0.3) is 0 Å². The molecule has 5 nitrogen and oxygen atoms in total. The number of rotatable bonds is 8. The van der Waals surface area contributed by atoms with E-state index in [4.69, 9.17) is 17.7 Å². The molecule has 0 saturated carbocycles. The molecule has 0 aliphatic heterocycles. The average Bonchev–Trinajstić information content (AvgIpc) is 2.29. The number of hydrogen-bond donors (Lipinski definition) is 0. The van der Waals surface area contributed by atoms with Crippen molar-refractivity contribution in [1.29, 1.82) is 0 Å². The van der Waals surface area contributed by atoms with Crippen LogP contribution < -0.4 is 0 Å². The van der Waals surface area contributed by atoms with Crippen molar-refractivity contribution in [2.45, 2.75) is 71.3 Å². The van der Waals surface area contributed by atoms with Crippen molar-refractivity contribution in [3.05, 3.63) is 12.2 Å². The minimum Gasteiger partial charge on any atom is -0.514 e. The summed E-state index contributed by atoms with van der Waals surface area (Å²) in [5, 5.41) is 0. The Morgan fingerprint density at radius 2 is 1.36 bits per heavy atom. The molecule has 0 heterocycles. The van der Waals surface area contributed by atoms with Gasteiger partial charge in [-0.25, -0.2) is 4.79 Å². The van der Waals surface area contributed by atoms with Gasteiger partial charge in [-0.15, -0.1) is 0 Å². The molecule has 0 amide bonds. The zero-order valence-electron chi connectivity index (χ0n) is 17.5. The van der Waals surface area contributed by atoms with Gasteiger partial charge in [0.2, 0.25) is 5.41 Å². The van der Waals surface area contributed by atoms with Crippen LogP contribution in [-0.4, -0.2) is 46.1 Å². The zero-order valence-corrected chi connectivity index (χ0v) is 21.9. The van der Waals surface area contributed by atoms with Gasteiger partial charge in [0, 0.05) is 11.5 Å². The fourth-order valence-corrected chi connectivity index (χ4v) is 8.08. The summed E-state index contributed by atoms with van der Waals surface area (Å²) in [7, 11) is -7.46. The van der Waals surface area contributed by atoms with Crippen LogP contribution >= 0.6 is 0 Å². The lowest BCUT2D eigenvalue weighted by Crippen LogP contribution is -2.54. The van der Waals surface area contributed by atoms with Gasteiger partial charge in [-0.2, -0.15) is 0 Å². The van der Waals surface area contributed by atoms with E-state index in [0.717, 1.165) is 0 Å². The van der Waals surface area contributed by atoms with Crippen molar-refractivity contribution in [2.24, 2.45) is 0 Å². The highest BCUT2D eigenvalue weighted by atomic mass is 28.4. The normalized spacial score (nSPS) is 13.4. The molecule has 0 saturated heterocycles. The molecule has 0 radical (unpaired) electrons. The van der Waals surface area contributed by atoms with Crippen LogP contribution in [0, 0.1) is 12.0 Å². The van der Waals surface area contributed by atoms with E-state index in [0.29, 0.717) is 5.57 Å². The van der Waals surface area contributed by atoms with Crippen molar-refractivity contribution in [1.82, 2.24) is 0 Å². The van der Waals surface area contributed by atoms with Crippen molar-refractivity contribution in [3.63, 3.8) is 0 Å². The van der Waals surface area contributed by atoms with Crippen LogP contribution in [0.15, 0.2) is 12.2 Å². The maximum absolute atomic E-state index is 11.9. The SMILES string of the molecule is C=C(C)C(=O)O[SiH2]C(C#CO[Si](C)(C)C)(O[Si](C)(C)C)O[Si](C)(C)C. The predicted molar refractivity (Wildman–Crippen MR) is 113 cm³/mol. The largest absolute Gasteiger partial charge is 0.514 e. The smallest absolute Gasteiger partial charge is 0.319 e. The molecular formula is C16H34O5Si4. The Hall–Kier alpha value is -0.642. The van der Waals surface area contributed by atoms with Crippen molar-refractivity contribution in [3.8, 4) is 12.0 Å². The van der Waals surface area contributed by atoms with Crippen LogP contribution in [-0.2, 0) is 22.5 Å². The minimum atomic E-state index is -2.02. The third-order valence-corrected chi connectivity index (χ3v) is 6.71. The highest BCUT2D eigenvalue weighted by molar-refractivity contribution is 6.72. The Morgan fingerprint density at radius 3 is 1.68 bits per heavy atom. The lowest BCUT2D eigenvalue weighted by molar-refractivity contribution is -0.131. The van der Waals surface area contributed by atoms with E-state index in [9.17, 15) is 4.79 Å². The van der Waals surface area contributed by atoms with Crippen molar-refractivity contribution >= 4 is 40.7 Å². The van der Waals surface area contributed by atoms with E-state index in [-0.39, 0.29) is 0 Å². The molecule has 0 fully saturated rings. The standard InChI is InChI=1S/C16H34O5Si4/c1-14(2)15(17)19-22-16(20-24(6,7)8,21-25(9,10)11)12-13-18-23(3,4)5/h1,22H2,2-11H3. The Balaban J connectivity index is 5.78. The summed E-state index contributed by atoms with van der Waals surface area (Å²) < 4.78 is 23.8. The molecule has 144 valence electrons. The van der Waals surface area contributed by atoms with Crippen LogP contribution in [0.1, 0.15) is 6.92 Å². The fourth-order valence-electron chi connectivity index (χ4n) is 1.70. The molecule has 0 aliphatic carbocycles. The average molecular weight is 419 g/mol. The van der Waals surface area contributed by atoms with E-state index in [1.54, 1.807) is 6.92 Å². The lowest BCUT2D eigenvalue weighted by Gasteiger charge is -2.38. The van der Waals surface area contributed by atoms with E-state index < -0.39 is 46.1 Å². The molecule has 0 aromatic rings. The quantitative estimate of drug-likeness (QED) is 0.262. The summed E-state index contributed by atoms with van der Waals surface area (Å²) in [5.74, 6) is 2.61. The predicted octanol–water partition coefficient (Wildman–Crippen LogP) is 3.36. The van der Waals surface area contributed by atoms with Gasteiger partial charge in [0.25, 0.3) is 8.32 Å². The molecule has 0 unspecified atom stereocenters. The summed E-state index contributed by atoms with van der Waals surface area (Å²) in [4.78, 5) is 11.9. The number of carbonyl (C=O) groups is 1. The summed E-state index contributed by atoms with van der Waals surface area (Å²) in [6, 6.07) is 0. The molecule has 0 N–H and O–H groups in total. The maximum Gasteiger partial charge on any atom is 0.319 e. The van der Waals surface area contributed by atoms with Gasteiger partial charge in [0.05, 0.1) is 0 Å². The Bertz CT molecular complexity index is 528. The monoisotopic (exact) mass is 418 g/mol. The zero-order chi connectivity index (χ0) is 20.1. The van der Waals surface area contributed by atoms with Crippen LogP contribution in [0.5, 0.6) is 0 Å². The second-order valence-electron chi connectivity index (χ2n) is 8.98. The maximum atomic E-state index is 11.9. The first-order chi connectivity index (χ1) is 10.9.